The fraction of sp³-hybridized carbons (Fsp3) is 0.513. The summed E-state index contributed by atoms with van der Waals surface area (Å²) in [6, 6.07) is 20.8. The quantitative estimate of drug-likeness (QED) is 0.0298. The predicted molar refractivity (Wildman–Crippen MR) is 361 cm³/mol. The zero-order valence-electron chi connectivity index (χ0n) is 56.5. The van der Waals surface area contributed by atoms with Crippen LogP contribution in [0.2, 0.25) is 0 Å². The van der Waals surface area contributed by atoms with Gasteiger partial charge in [0.25, 0.3) is 0 Å². The summed E-state index contributed by atoms with van der Waals surface area (Å²) < 4.78 is 46.5. The molecule has 8 rings (SSSR count). The van der Waals surface area contributed by atoms with Crippen LogP contribution < -0.4 is 0 Å². The summed E-state index contributed by atoms with van der Waals surface area (Å²) in [5.74, 6) is -0.908. The summed E-state index contributed by atoms with van der Waals surface area (Å²) in [6.45, 7) is 24.4. The highest BCUT2D eigenvalue weighted by atomic mass is 19.1. The zero-order chi connectivity index (χ0) is 68.6. The first-order chi connectivity index (χ1) is 43.9. The number of carboxylic acids is 1. The van der Waals surface area contributed by atoms with Crippen LogP contribution in [0.4, 0.5) is 8.78 Å². The van der Waals surface area contributed by atoms with Gasteiger partial charge in [-0.25, -0.2) is 8.78 Å². The summed E-state index contributed by atoms with van der Waals surface area (Å²) >= 11 is 0. The maximum absolute atomic E-state index is 13.7. The number of aliphatic carboxylic acids is 1. The molecule has 3 aromatic carbocycles. The minimum Gasteiger partial charge on any atom is -0.481 e. The number of ketones is 1. The van der Waals surface area contributed by atoms with Crippen molar-refractivity contribution in [3.8, 4) is 22.3 Å². The van der Waals surface area contributed by atoms with Crippen LogP contribution in [0.5, 0.6) is 0 Å². The van der Waals surface area contributed by atoms with Gasteiger partial charge in [0, 0.05) is 83.7 Å². The lowest BCUT2D eigenvalue weighted by Crippen LogP contribution is -2.43. The number of para-hydroxylation sites is 1. The van der Waals surface area contributed by atoms with E-state index in [1.165, 1.54) is 42.8 Å². The summed E-state index contributed by atoms with van der Waals surface area (Å²) in [6.07, 6.45) is 12.0. The minimum atomic E-state index is -1.16. The van der Waals surface area contributed by atoms with E-state index in [9.17, 15) is 53.5 Å². The smallest absolute Gasteiger partial charge is 0.311 e. The molecule has 3 aliphatic rings. The molecule has 0 saturated carbocycles. The summed E-state index contributed by atoms with van der Waals surface area (Å²) in [4.78, 5) is 51.5. The van der Waals surface area contributed by atoms with Gasteiger partial charge in [-0.1, -0.05) is 127 Å². The van der Waals surface area contributed by atoms with Crippen molar-refractivity contribution in [3.05, 3.63) is 149 Å². The van der Waals surface area contributed by atoms with Gasteiger partial charge in [-0.2, -0.15) is 0 Å². The first-order valence-electron chi connectivity index (χ1n) is 32.9. The van der Waals surface area contributed by atoms with Crippen LogP contribution in [0.15, 0.2) is 109 Å². The van der Waals surface area contributed by atoms with Crippen LogP contribution in [-0.4, -0.2) is 114 Å². The van der Waals surface area contributed by atoms with Gasteiger partial charge in [0.2, 0.25) is 0 Å². The Hall–Kier alpha value is -6.99. The first-order valence-corrected chi connectivity index (χ1v) is 32.9. The van der Waals surface area contributed by atoms with Crippen LogP contribution in [0.3, 0.4) is 0 Å². The van der Waals surface area contributed by atoms with Gasteiger partial charge in [0.1, 0.15) is 29.6 Å². The Morgan fingerprint density at radius 3 is 1.92 bits per heavy atom. The van der Waals surface area contributed by atoms with Crippen LogP contribution in [0.25, 0.3) is 45.3 Å². The molecular formula is C76H100F2N2O13. The molecule has 1 aliphatic heterocycles. The second kappa shape index (κ2) is 34.4. The first kappa shape index (κ1) is 75.0. The van der Waals surface area contributed by atoms with Gasteiger partial charge in [-0.15, -0.1) is 0 Å². The highest BCUT2D eigenvalue weighted by Crippen LogP contribution is 2.46. The van der Waals surface area contributed by atoms with Crippen molar-refractivity contribution in [2.24, 2.45) is 29.1 Å². The number of fused-ring (bicyclic) bond motifs is 2. The fourth-order valence-corrected chi connectivity index (χ4v) is 12.8. The number of cyclic esters (lactones) is 1. The number of rotatable bonds is 25. The SMILES string of the molecule is CC(=O)C[C@H](O)C[C@H](O)/C=C/c1c(-c2ccc(F)cc2)c2ccccc2n1C(C)C.CCC(C)(C)C(=O)O[C@H]1C[C@@H](C)C=C2C=C[C@H](C)[C@H](CC[C@@H]3C[C@@H](O)CC(=O)O3)[C@H]21.COCc1c(C(C)C)nc(C(C)C)c(/C=C/[C@@H](O)C[C@@H](O)CC(=O)O)c1-c1ccc(F)cc1. The average Bonchev–Trinajstić information content (AvgIpc) is 1.74. The molecule has 0 bridgehead atoms. The summed E-state index contributed by atoms with van der Waals surface area (Å²) in [5, 5.41) is 60.4. The molecule has 3 heterocycles. The van der Waals surface area contributed by atoms with Gasteiger partial charge in [-0.3, -0.25) is 24.2 Å². The molecule has 11 atom stereocenters. The second-order valence-corrected chi connectivity index (χ2v) is 27.0. The molecule has 93 heavy (non-hydrogen) atoms. The fourth-order valence-electron chi connectivity index (χ4n) is 12.8. The van der Waals surface area contributed by atoms with Gasteiger partial charge < -0.3 is 49.4 Å². The van der Waals surface area contributed by atoms with Crippen LogP contribution >= 0.6 is 0 Å². The molecule has 1 saturated heterocycles. The molecule has 0 spiro atoms. The number of allylic oxidation sites excluding steroid dienone is 3. The summed E-state index contributed by atoms with van der Waals surface area (Å²) in [7, 11) is 1.61. The van der Waals surface area contributed by atoms with Gasteiger partial charge in [0.15, 0.2) is 0 Å². The van der Waals surface area contributed by atoms with E-state index in [2.05, 4.69) is 64.3 Å². The number of esters is 2. The van der Waals surface area contributed by atoms with E-state index in [4.69, 9.17) is 24.3 Å². The molecule has 0 radical (unpaired) electrons. The largest absolute Gasteiger partial charge is 0.481 e. The minimum absolute atomic E-state index is 0.0258. The van der Waals surface area contributed by atoms with Crippen molar-refractivity contribution < 1.29 is 72.8 Å². The lowest BCUT2D eigenvalue weighted by atomic mass is 9.65. The standard InChI is InChI=1S/C26H34FNO5.C25H28FNO3.C25H38O5/c1-15(2)25-21(11-10-19(29)12-20(30)13-23(31)32)24(17-6-8-18(27)9-7-17)22(14-33-5)26(28-25)16(3)4;1-16(2)27-23-7-5-4-6-22(23)25(18-8-10-19(26)11-9-18)24(27)13-12-20(29)15-21(30)14-17(3)28;1-6-25(4,5)24(28)30-21-12-15(2)11-17-8-7-16(3)20(23(17)21)10-9-19-13-18(26)14-22(27)29-19/h6-11,15-16,19-20,29-30H,12-14H2,1-5H3,(H,31,32);4-13,16,20-21,29-30H,14-15H2,1-3H3;7-8,11,15-16,18-21,23,26H,6,9-10,12-14H2,1-5H3/b11-10+;13-12+;/t19-,20-;20-,21+;15-,16-,18+,19+,20-,21-,23-/m110/s1. The van der Waals surface area contributed by atoms with Crippen LogP contribution in [0, 0.1) is 40.7 Å². The Bertz CT molecular complexity index is 3440. The van der Waals surface area contributed by atoms with Gasteiger partial charge >= 0.3 is 17.9 Å². The number of hydrogen-bond acceptors (Lipinski definition) is 13. The van der Waals surface area contributed by atoms with Gasteiger partial charge in [0.05, 0.1) is 61.1 Å². The van der Waals surface area contributed by atoms with E-state index in [1.54, 1.807) is 43.5 Å². The van der Waals surface area contributed by atoms with Crippen molar-refractivity contribution in [2.45, 2.75) is 215 Å². The number of pyridine rings is 1. The number of carboxylic acid groups (broad SMARTS) is 1. The number of aliphatic hydroxyl groups is 5. The Morgan fingerprint density at radius 2 is 1.38 bits per heavy atom. The molecule has 5 aromatic rings. The highest BCUT2D eigenvalue weighted by molar-refractivity contribution is 6.01. The van der Waals surface area contributed by atoms with E-state index in [0.717, 1.165) is 87.0 Å². The Kier molecular flexibility index (Phi) is 27.8. The number of methoxy groups -OCH3 is 1. The summed E-state index contributed by atoms with van der Waals surface area (Å²) in [5.41, 5.74) is 9.64. The topological polar surface area (TPSA) is 235 Å². The number of hydrogen-bond donors (Lipinski definition) is 6. The number of carbonyl (C=O) groups is 4. The lowest BCUT2D eigenvalue weighted by molar-refractivity contribution is -0.166. The molecule has 2 aliphatic carbocycles. The average molecular weight is 1290 g/mol. The Morgan fingerprint density at radius 1 is 0.796 bits per heavy atom. The number of carbonyl (C=O) groups excluding carboxylic acids is 3. The monoisotopic (exact) mass is 1290 g/mol. The molecule has 0 amide bonds. The van der Waals surface area contributed by atoms with E-state index >= 15 is 0 Å². The third kappa shape index (κ3) is 20.8. The van der Waals surface area contributed by atoms with Crippen molar-refractivity contribution in [1.29, 1.82) is 0 Å². The molecule has 6 N–H and O–H groups in total. The van der Waals surface area contributed by atoms with E-state index < -0.39 is 48.3 Å². The number of nitrogens with zero attached hydrogens (tertiary/aromatic N) is 2. The Labute approximate surface area is 548 Å². The number of aliphatic hydroxyl groups excluding tert-OH is 5. The number of benzene rings is 3. The molecule has 15 nitrogen and oxygen atoms in total. The molecule has 506 valence electrons. The van der Waals surface area contributed by atoms with Crippen molar-refractivity contribution in [3.63, 3.8) is 0 Å². The van der Waals surface area contributed by atoms with Crippen molar-refractivity contribution in [2.75, 3.05) is 7.11 Å². The zero-order valence-corrected chi connectivity index (χ0v) is 56.5. The number of aromatic nitrogens is 2. The van der Waals surface area contributed by atoms with Crippen molar-refractivity contribution >= 4 is 46.7 Å². The van der Waals surface area contributed by atoms with E-state index in [-0.39, 0.29) is 91.0 Å². The van der Waals surface area contributed by atoms with Gasteiger partial charge in [-0.05, 0) is 149 Å². The lowest BCUT2D eigenvalue weighted by Gasteiger charge is -2.44. The molecule has 1 fully saturated rings. The third-order valence-electron chi connectivity index (χ3n) is 17.8. The third-order valence-corrected chi connectivity index (χ3v) is 17.8. The highest BCUT2D eigenvalue weighted by Gasteiger charge is 2.43. The maximum Gasteiger partial charge on any atom is 0.311 e. The number of Topliss-reactive ketones (excluding diaryl/α,β-unsaturated/α-hetero) is 1. The normalized spacial score (nSPS) is 21.2. The Balaban J connectivity index is 0.000000222. The molecule has 0 unspecified atom stereocenters. The molecule has 2 aromatic heterocycles. The van der Waals surface area contributed by atoms with E-state index in [0.29, 0.717) is 30.8 Å². The maximum atomic E-state index is 13.7. The molecular weight excluding hydrogens is 1190 g/mol. The van der Waals surface area contributed by atoms with Crippen LogP contribution in [0.1, 0.15) is 193 Å². The van der Waals surface area contributed by atoms with Crippen molar-refractivity contribution in [1.82, 2.24) is 9.55 Å². The van der Waals surface area contributed by atoms with Crippen LogP contribution in [-0.2, 0) is 40.0 Å². The second-order valence-electron chi connectivity index (χ2n) is 27.0. The number of ether oxygens (including phenoxy) is 3. The van der Waals surface area contributed by atoms with E-state index in [1.807, 2.05) is 65.0 Å². The number of halogens is 2. The molecule has 17 heteroatoms. The predicted octanol–water partition coefficient (Wildman–Crippen LogP) is 14.6.